The third-order valence-electron chi connectivity index (χ3n) is 2.46. The standard InChI is InChI=1S/C13H15N5/c1-10(2)15-8-12-9-16-18(17-12)13-5-3-11(7-14)4-6-13/h3-6,9-10,15H,8H2,1-2H3. The van der Waals surface area contributed by atoms with E-state index in [1.165, 1.54) is 0 Å². The molecule has 0 saturated carbocycles. The number of benzene rings is 1. The first kappa shape index (κ1) is 12.3. The maximum Gasteiger partial charge on any atom is 0.0991 e. The molecule has 1 aromatic heterocycles. The van der Waals surface area contributed by atoms with Crippen LogP contribution in [0.1, 0.15) is 25.1 Å². The van der Waals surface area contributed by atoms with Crippen molar-refractivity contribution in [3.05, 3.63) is 41.7 Å². The largest absolute Gasteiger partial charge is 0.309 e. The van der Waals surface area contributed by atoms with E-state index in [-0.39, 0.29) is 0 Å². The molecule has 18 heavy (non-hydrogen) atoms. The zero-order chi connectivity index (χ0) is 13.0. The molecule has 0 amide bonds. The fraction of sp³-hybridized carbons (Fsp3) is 0.308. The predicted molar refractivity (Wildman–Crippen MR) is 68.0 cm³/mol. The lowest BCUT2D eigenvalue weighted by atomic mass is 10.2. The van der Waals surface area contributed by atoms with Crippen LogP contribution in [0.25, 0.3) is 5.69 Å². The van der Waals surface area contributed by atoms with Gasteiger partial charge in [-0.05, 0) is 24.3 Å². The van der Waals surface area contributed by atoms with Gasteiger partial charge in [-0.2, -0.15) is 20.3 Å². The Morgan fingerprint density at radius 2 is 2.06 bits per heavy atom. The van der Waals surface area contributed by atoms with Gasteiger partial charge in [0.25, 0.3) is 0 Å². The lowest BCUT2D eigenvalue weighted by molar-refractivity contribution is 0.577. The molecular weight excluding hydrogens is 226 g/mol. The summed E-state index contributed by atoms with van der Waals surface area (Å²) in [6.07, 6.45) is 1.74. The normalized spacial score (nSPS) is 10.6. The first-order valence-corrected chi connectivity index (χ1v) is 5.84. The molecule has 0 aliphatic rings. The van der Waals surface area contributed by atoms with Crippen LogP contribution in [0, 0.1) is 11.3 Å². The summed E-state index contributed by atoms with van der Waals surface area (Å²) in [6.45, 7) is 4.88. The first-order chi connectivity index (χ1) is 8.69. The van der Waals surface area contributed by atoms with E-state index in [9.17, 15) is 0 Å². The van der Waals surface area contributed by atoms with E-state index in [0.717, 1.165) is 11.4 Å². The zero-order valence-electron chi connectivity index (χ0n) is 10.5. The Balaban J connectivity index is 2.11. The summed E-state index contributed by atoms with van der Waals surface area (Å²) in [4.78, 5) is 1.57. The highest BCUT2D eigenvalue weighted by Gasteiger charge is 2.03. The Morgan fingerprint density at radius 3 is 2.67 bits per heavy atom. The lowest BCUT2D eigenvalue weighted by Gasteiger charge is -2.04. The SMILES string of the molecule is CC(C)NCc1cnn(-c2ccc(C#N)cc2)n1. The van der Waals surface area contributed by atoms with E-state index in [4.69, 9.17) is 5.26 Å². The molecule has 0 bridgehead atoms. The number of aromatic nitrogens is 3. The monoisotopic (exact) mass is 241 g/mol. The van der Waals surface area contributed by atoms with E-state index in [2.05, 4.69) is 35.4 Å². The molecule has 0 saturated heterocycles. The average Bonchev–Trinajstić information content (AvgIpc) is 2.85. The Bertz CT molecular complexity index is 548. The highest BCUT2D eigenvalue weighted by atomic mass is 15.5. The van der Waals surface area contributed by atoms with Crippen LogP contribution in [0.5, 0.6) is 0 Å². The van der Waals surface area contributed by atoms with Crippen molar-refractivity contribution in [1.82, 2.24) is 20.3 Å². The van der Waals surface area contributed by atoms with Gasteiger partial charge in [-0.3, -0.25) is 0 Å². The van der Waals surface area contributed by atoms with Crippen LogP contribution in [0.15, 0.2) is 30.5 Å². The van der Waals surface area contributed by atoms with Crippen LogP contribution in [0.4, 0.5) is 0 Å². The van der Waals surface area contributed by atoms with Gasteiger partial charge in [-0.25, -0.2) is 0 Å². The van der Waals surface area contributed by atoms with Gasteiger partial charge in [0.1, 0.15) is 0 Å². The molecule has 2 aromatic rings. The van der Waals surface area contributed by atoms with Crippen molar-refractivity contribution in [3.8, 4) is 11.8 Å². The minimum absolute atomic E-state index is 0.421. The van der Waals surface area contributed by atoms with Crippen molar-refractivity contribution in [2.75, 3.05) is 0 Å². The van der Waals surface area contributed by atoms with E-state index in [1.54, 1.807) is 23.1 Å². The summed E-state index contributed by atoms with van der Waals surface area (Å²) < 4.78 is 0. The van der Waals surface area contributed by atoms with Crippen LogP contribution in [0.3, 0.4) is 0 Å². The molecule has 0 atom stereocenters. The predicted octanol–water partition coefficient (Wildman–Crippen LogP) is 1.64. The smallest absolute Gasteiger partial charge is 0.0991 e. The highest BCUT2D eigenvalue weighted by Crippen LogP contribution is 2.07. The first-order valence-electron chi connectivity index (χ1n) is 5.84. The summed E-state index contributed by atoms with van der Waals surface area (Å²) in [6, 6.07) is 9.68. The molecule has 1 heterocycles. The molecule has 0 radical (unpaired) electrons. The highest BCUT2D eigenvalue weighted by molar-refractivity contribution is 5.37. The Hall–Kier alpha value is -2.19. The summed E-state index contributed by atoms with van der Waals surface area (Å²) in [5.41, 5.74) is 2.38. The second-order valence-electron chi connectivity index (χ2n) is 4.32. The maximum atomic E-state index is 8.73. The van der Waals surface area contributed by atoms with E-state index < -0.39 is 0 Å². The van der Waals surface area contributed by atoms with E-state index >= 15 is 0 Å². The summed E-state index contributed by atoms with van der Waals surface area (Å²) in [5.74, 6) is 0. The number of nitrogens with zero attached hydrogens (tertiary/aromatic N) is 4. The minimum Gasteiger partial charge on any atom is -0.309 e. The van der Waals surface area contributed by atoms with Crippen molar-refractivity contribution < 1.29 is 0 Å². The van der Waals surface area contributed by atoms with Crippen molar-refractivity contribution in [1.29, 1.82) is 5.26 Å². The molecule has 0 unspecified atom stereocenters. The number of nitrogens with one attached hydrogen (secondary N) is 1. The topological polar surface area (TPSA) is 66.5 Å². The van der Waals surface area contributed by atoms with Gasteiger partial charge in [0.15, 0.2) is 0 Å². The molecule has 92 valence electrons. The number of nitriles is 1. The number of hydrogen-bond donors (Lipinski definition) is 1. The molecule has 5 heteroatoms. The lowest BCUT2D eigenvalue weighted by Crippen LogP contribution is -2.22. The molecule has 1 aromatic carbocycles. The van der Waals surface area contributed by atoms with Gasteiger partial charge in [0.05, 0.1) is 29.2 Å². The van der Waals surface area contributed by atoms with Crippen LogP contribution >= 0.6 is 0 Å². The van der Waals surface area contributed by atoms with Crippen LogP contribution in [-0.4, -0.2) is 21.0 Å². The molecule has 1 N–H and O–H groups in total. The Labute approximate surface area is 106 Å². The Morgan fingerprint density at radius 1 is 1.33 bits per heavy atom. The van der Waals surface area contributed by atoms with Crippen LogP contribution in [-0.2, 0) is 6.54 Å². The zero-order valence-corrected chi connectivity index (χ0v) is 10.5. The Kier molecular flexibility index (Phi) is 3.70. The third kappa shape index (κ3) is 2.93. The third-order valence-corrected chi connectivity index (χ3v) is 2.46. The summed E-state index contributed by atoms with van der Waals surface area (Å²) >= 11 is 0. The molecule has 2 rings (SSSR count). The number of hydrogen-bond acceptors (Lipinski definition) is 4. The van der Waals surface area contributed by atoms with Crippen molar-refractivity contribution in [2.45, 2.75) is 26.4 Å². The van der Waals surface area contributed by atoms with Crippen molar-refractivity contribution in [3.63, 3.8) is 0 Å². The van der Waals surface area contributed by atoms with Crippen molar-refractivity contribution >= 4 is 0 Å². The quantitative estimate of drug-likeness (QED) is 0.883. The molecule has 0 aliphatic carbocycles. The van der Waals surface area contributed by atoms with Gasteiger partial charge in [-0.1, -0.05) is 13.8 Å². The maximum absolute atomic E-state index is 8.73. The molecule has 0 fully saturated rings. The summed E-state index contributed by atoms with van der Waals surface area (Å²) in [7, 11) is 0. The molecular formula is C13H15N5. The fourth-order valence-corrected chi connectivity index (χ4v) is 1.48. The van der Waals surface area contributed by atoms with E-state index in [1.807, 2.05) is 12.1 Å². The second-order valence-corrected chi connectivity index (χ2v) is 4.32. The van der Waals surface area contributed by atoms with Gasteiger partial charge in [0.2, 0.25) is 0 Å². The average molecular weight is 241 g/mol. The molecule has 5 nitrogen and oxygen atoms in total. The molecule has 0 spiro atoms. The van der Waals surface area contributed by atoms with Gasteiger partial charge in [-0.15, -0.1) is 0 Å². The second kappa shape index (κ2) is 5.43. The minimum atomic E-state index is 0.421. The van der Waals surface area contributed by atoms with E-state index in [0.29, 0.717) is 18.2 Å². The van der Waals surface area contributed by atoms with Gasteiger partial charge in [0, 0.05) is 12.6 Å². The van der Waals surface area contributed by atoms with Crippen molar-refractivity contribution in [2.24, 2.45) is 0 Å². The van der Waals surface area contributed by atoms with Gasteiger partial charge < -0.3 is 5.32 Å². The number of rotatable bonds is 4. The van der Waals surface area contributed by atoms with Gasteiger partial charge >= 0.3 is 0 Å². The van der Waals surface area contributed by atoms with Crippen LogP contribution in [0.2, 0.25) is 0 Å². The summed E-state index contributed by atoms with van der Waals surface area (Å²) in [5, 5.41) is 20.6. The van der Waals surface area contributed by atoms with Crippen LogP contribution < -0.4 is 5.32 Å². The molecule has 0 aliphatic heterocycles. The fourth-order valence-electron chi connectivity index (χ4n) is 1.48.